The molecule has 3 N–H and O–H groups in total. The first-order chi connectivity index (χ1) is 9.69. The second kappa shape index (κ2) is 7.14. The maximum Gasteiger partial charge on any atom is 0.319 e. The molecule has 1 aliphatic rings. The Hall–Kier alpha value is -1.75. The Labute approximate surface area is 119 Å². The predicted octanol–water partition coefficient (Wildman–Crippen LogP) is 2.37. The van der Waals surface area contributed by atoms with Gasteiger partial charge in [0.15, 0.2) is 0 Å². The van der Waals surface area contributed by atoms with E-state index in [4.69, 9.17) is 4.74 Å². The van der Waals surface area contributed by atoms with E-state index in [2.05, 4.69) is 10.6 Å². The van der Waals surface area contributed by atoms with Crippen molar-refractivity contribution in [2.75, 3.05) is 19.0 Å². The standard InChI is InChI=1S/C15H22N2O3/c1-20-13-8-6-12(7-9-13)17-15(19)16-10-14(18)11-4-2-3-5-11/h6-9,11,14,18H,2-5,10H2,1H3,(H2,16,17,19). The molecule has 0 aliphatic heterocycles. The monoisotopic (exact) mass is 278 g/mol. The minimum absolute atomic E-state index is 0.298. The molecule has 2 amide bonds. The molecule has 20 heavy (non-hydrogen) atoms. The SMILES string of the molecule is COc1ccc(NC(=O)NCC(O)C2CCCC2)cc1. The van der Waals surface area contributed by atoms with Gasteiger partial charge in [0.25, 0.3) is 0 Å². The molecule has 0 bridgehead atoms. The highest BCUT2D eigenvalue weighted by atomic mass is 16.5. The summed E-state index contributed by atoms with van der Waals surface area (Å²) in [5.74, 6) is 1.07. The van der Waals surface area contributed by atoms with Gasteiger partial charge in [0.05, 0.1) is 13.2 Å². The molecule has 1 saturated carbocycles. The van der Waals surface area contributed by atoms with Crippen LogP contribution in [0.5, 0.6) is 5.75 Å². The third-order valence-corrected chi connectivity index (χ3v) is 3.76. The number of hydrogen-bond donors (Lipinski definition) is 3. The fourth-order valence-corrected chi connectivity index (χ4v) is 2.56. The van der Waals surface area contributed by atoms with Crippen molar-refractivity contribution in [1.29, 1.82) is 0 Å². The first-order valence-electron chi connectivity index (χ1n) is 7.06. The zero-order valence-electron chi connectivity index (χ0n) is 11.8. The molecule has 1 aliphatic carbocycles. The van der Waals surface area contributed by atoms with Gasteiger partial charge in [-0.1, -0.05) is 12.8 Å². The van der Waals surface area contributed by atoms with Crippen LogP contribution in [0, 0.1) is 5.92 Å². The van der Waals surface area contributed by atoms with Crippen LogP contribution in [-0.4, -0.2) is 30.9 Å². The van der Waals surface area contributed by atoms with Gasteiger partial charge in [-0.15, -0.1) is 0 Å². The second-order valence-corrected chi connectivity index (χ2v) is 5.18. The van der Waals surface area contributed by atoms with Gasteiger partial charge in [0.1, 0.15) is 5.75 Å². The minimum atomic E-state index is -0.445. The Morgan fingerprint density at radius 2 is 2.00 bits per heavy atom. The predicted molar refractivity (Wildman–Crippen MR) is 78.0 cm³/mol. The van der Waals surface area contributed by atoms with E-state index >= 15 is 0 Å². The van der Waals surface area contributed by atoms with Crippen LogP contribution >= 0.6 is 0 Å². The summed E-state index contributed by atoms with van der Waals surface area (Å²) in [6.45, 7) is 0.298. The van der Waals surface area contributed by atoms with Crippen molar-refractivity contribution >= 4 is 11.7 Å². The Kier molecular flexibility index (Phi) is 5.24. The number of carbonyl (C=O) groups excluding carboxylic acids is 1. The average molecular weight is 278 g/mol. The Balaban J connectivity index is 1.74. The van der Waals surface area contributed by atoms with Crippen LogP contribution < -0.4 is 15.4 Å². The van der Waals surface area contributed by atoms with Crippen molar-refractivity contribution in [1.82, 2.24) is 5.32 Å². The van der Waals surface area contributed by atoms with E-state index in [1.165, 1.54) is 12.8 Å². The van der Waals surface area contributed by atoms with E-state index in [0.29, 0.717) is 18.2 Å². The van der Waals surface area contributed by atoms with Crippen LogP contribution in [0.1, 0.15) is 25.7 Å². The van der Waals surface area contributed by atoms with Crippen molar-refractivity contribution in [3.63, 3.8) is 0 Å². The number of aliphatic hydroxyl groups is 1. The first kappa shape index (κ1) is 14.7. The fraction of sp³-hybridized carbons (Fsp3) is 0.533. The van der Waals surface area contributed by atoms with Crippen LogP contribution in [0.2, 0.25) is 0 Å². The van der Waals surface area contributed by atoms with Gasteiger partial charge >= 0.3 is 6.03 Å². The third-order valence-electron chi connectivity index (χ3n) is 3.76. The summed E-state index contributed by atoms with van der Waals surface area (Å²) in [6.07, 6.45) is 4.03. The number of ether oxygens (including phenoxy) is 1. The number of aliphatic hydroxyl groups excluding tert-OH is 1. The Morgan fingerprint density at radius 1 is 1.35 bits per heavy atom. The van der Waals surface area contributed by atoms with Gasteiger partial charge in [-0.2, -0.15) is 0 Å². The second-order valence-electron chi connectivity index (χ2n) is 5.18. The highest BCUT2D eigenvalue weighted by molar-refractivity contribution is 5.89. The molecule has 110 valence electrons. The summed E-state index contributed by atoms with van der Waals surface area (Å²) in [7, 11) is 1.60. The number of anilines is 1. The molecule has 1 aromatic carbocycles. The molecule has 0 radical (unpaired) electrons. The first-order valence-corrected chi connectivity index (χ1v) is 7.06. The number of amides is 2. The number of benzene rings is 1. The minimum Gasteiger partial charge on any atom is -0.497 e. The van der Waals surface area contributed by atoms with Crippen molar-refractivity contribution in [3.8, 4) is 5.75 Å². The summed E-state index contributed by atoms with van der Waals surface area (Å²) in [6, 6.07) is 6.80. The summed E-state index contributed by atoms with van der Waals surface area (Å²) < 4.78 is 5.05. The topological polar surface area (TPSA) is 70.6 Å². The quantitative estimate of drug-likeness (QED) is 0.774. The molecule has 1 unspecified atom stereocenters. The molecule has 2 rings (SSSR count). The van der Waals surface area contributed by atoms with Gasteiger partial charge < -0.3 is 20.5 Å². The highest BCUT2D eigenvalue weighted by Gasteiger charge is 2.23. The zero-order chi connectivity index (χ0) is 14.4. The van der Waals surface area contributed by atoms with Crippen LogP contribution in [-0.2, 0) is 0 Å². The van der Waals surface area contributed by atoms with E-state index < -0.39 is 6.10 Å². The van der Waals surface area contributed by atoms with E-state index in [0.717, 1.165) is 18.6 Å². The van der Waals surface area contributed by atoms with Crippen molar-refractivity contribution in [2.45, 2.75) is 31.8 Å². The number of urea groups is 1. The highest BCUT2D eigenvalue weighted by Crippen LogP contribution is 2.27. The summed E-state index contributed by atoms with van der Waals surface area (Å²) in [5.41, 5.74) is 0.693. The van der Waals surface area contributed by atoms with Crippen molar-refractivity contribution < 1.29 is 14.6 Å². The normalized spacial score (nSPS) is 16.7. The molecule has 0 heterocycles. The van der Waals surface area contributed by atoms with Crippen molar-refractivity contribution in [3.05, 3.63) is 24.3 Å². The molecular formula is C15H22N2O3. The fourth-order valence-electron chi connectivity index (χ4n) is 2.56. The molecular weight excluding hydrogens is 256 g/mol. The molecule has 0 spiro atoms. The lowest BCUT2D eigenvalue weighted by molar-refractivity contribution is 0.111. The summed E-state index contributed by atoms with van der Waals surface area (Å²) in [4.78, 5) is 11.7. The lowest BCUT2D eigenvalue weighted by Crippen LogP contribution is -2.37. The number of rotatable bonds is 5. The van der Waals surface area contributed by atoms with Crippen LogP contribution in [0.25, 0.3) is 0 Å². The van der Waals surface area contributed by atoms with Crippen molar-refractivity contribution in [2.24, 2.45) is 5.92 Å². The Morgan fingerprint density at radius 3 is 2.60 bits per heavy atom. The molecule has 5 nitrogen and oxygen atoms in total. The van der Waals surface area contributed by atoms with Gasteiger partial charge in [0.2, 0.25) is 0 Å². The molecule has 0 aromatic heterocycles. The van der Waals surface area contributed by atoms with E-state index in [1.54, 1.807) is 31.4 Å². The van der Waals surface area contributed by atoms with E-state index in [9.17, 15) is 9.90 Å². The van der Waals surface area contributed by atoms with Crippen LogP contribution in [0.3, 0.4) is 0 Å². The Bertz CT molecular complexity index is 427. The average Bonchev–Trinajstić information content (AvgIpc) is 3.00. The number of carbonyl (C=O) groups is 1. The summed E-state index contributed by atoms with van der Waals surface area (Å²) >= 11 is 0. The summed E-state index contributed by atoms with van der Waals surface area (Å²) in [5, 5.41) is 15.4. The largest absolute Gasteiger partial charge is 0.497 e. The maximum absolute atomic E-state index is 11.7. The molecule has 1 atom stereocenters. The van der Waals surface area contributed by atoms with Gasteiger partial charge in [-0.3, -0.25) is 0 Å². The lowest BCUT2D eigenvalue weighted by Gasteiger charge is -2.18. The van der Waals surface area contributed by atoms with Gasteiger partial charge in [-0.25, -0.2) is 4.79 Å². The number of hydrogen-bond acceptors (Lipinski definition) is 3. The van der Waals surface area contributed by atoms with E-state index in [1.807, 2.05) is 0 Å². The smallest absolute Gasteiger partial charge is 0.319 e. The van der Waals surface area contributed by atoms with Gasteiger partial charge in [-0.05, 0) is 43.0 Å². The van der Waals surface area contributed by atoms with E-state index in [-0.39, 0.29) is 6.03 Å². The lowest BCUT2D eigenvalue weighted by atomic mass is 10.0. The third kappa shape index (κ3) is 4.13. The molecule has 1 aromatic rings. The van der Waals surface area contributed by atoms with Crippen LogP contribution in [0.4, 0.5) is 10.5 Å². The van der Waals surface area contributed by atoms with Gasteiger partial charge in [0, 0.05) is 12.2 Å². The molecule has 1 fully saturated rings. The van der Waals surface area contributed by atoms with Crippen LogP contribution in [0.15, 0.2) is 24.3 Å². The molecule has 5 heteroatoms. The maximum atomic E-state index is 11.7. The zero-order valence-corrected chi connectivity index (χ0v) is 11.8. The number of nitrogens with one attached hydrogen (secondary N) is 2. The number of methoxy groups -OCH3 is 1. The molecule has 0 saturated heterocycles.